The fraction of sp³-hybridized carbons (Fsp3) is 0.250. The third-order valence-corrected chi connectivity index (χ3v) is 2.11. The maximum atomic E-state index is 13.3. The molecule has 7 nitrogen and oxygen atoms in total. The summed E-state index contributed by atoms with van der Waals surface area (Å²) in [5.41, 5.74) is 3.82. The highest BCUT2D eigenvalue weighted by atomic mass is 19.1. The summed E-state index contributed by atoms with van der Waals surface area (Å²) in [6.45, 7) is 1.35. The van der Waals surface area contributed by atoms with Gasteiger partial charge in [-0.3, -0.25) is 15.0 Å². The van der Waals surface area contributed by atoms with Gasteiger partial charge in [0.25, 0.3) is 11.8 Å². The molecule has 0 aliphatic carbocycles. The van der Waals surface area contributed by atoms with E-state index in [1.807, 2.05) is 10.9 Å². The number of nitrogens with one attached hydrogen (secondary N) is 3. The zero-order valence-corrected chi connectivity index (χ0v) is 10.7. The normalized spacial score (nSPS) is 9.50. The summed E-state index contributed by atoms with van der Waals surface area (Å²) in [6, 6.07) is 5.37. The molecule has 0 heterocycles. The summed E-state index contributed by atoms with van der Waals surface area (Å²) in [7, 11) is 0. The second kappa shape index (κ2) is 7.72. The number of carbonyl (C=O) groups is 3. The Hall–Kier alpha value is -2.64. The zero-order valence-electron chi connectivity index (χ0n) is 10.7. The third-order valence-electron chi connectivity index (χ3n) is 2.11. The van der Waals surface area contributed by atoms with Gasteiger partial charge in [-0.2, -0.15) is 0 Å². The Kier molecular flexibility index (Phi) is 5.95. The van der Waals surface area contributed by atoms with Crippen molar-refractivity contribution in [2.45, 2.75) is 6.92 Å². The van der Waals surface area contributed by atoms with Crippen LogP contribution in [-0.2, 0) is 9.53 Å². The number of ether oxygens (including phenoxy) is 1. The molecule has 20 heavy (non-hydrogen) atoms. The van der Waals surface area contributed by atoms with Crippen LogP contribution in [0.2, 0.25) is 0 Å². The van der Waals surface area contributed by atoms with E-state index in [2.05, 4.69) is 10.1 Å². The Morgan fingerprint density at radius 3 is 2.55 bits per heavy atom. The van der Waals surface area contributed by atoms with Gasteiger partial charge < -0.3 is 10.1 Å². The molecular weight excluding hydrogens is 269 g/mol. The highest BCUT2D eigenvalue weighted by Crippen LogP contribution is 2.05. The molecule has 108 valence electrons. The first-order valence-electron chi connectivity index (χ1n) is 5.79. The fourth-order valence-corrected chi connectivity index (χ4v) is 1.23. The molecule has 0 fully saturated rings. The van der Waals surface area contributed by atoms with Gasteiger partial charge >= 0.3 is 6.09 Å². The lowest BCUT2D eigenvalue weighted by Crippen LogP contribution is -2.46. The highest BCUT2D eigenvalue weighted by Gasteiger charge is 2.12. The number of amides is 3. The van der Waals surface area contributed by atoms with Gasteiger partial charge in [-0.1, -0.05) is 12.1 Å². The molecule has 0 bridgehead atoms. The van der Waals surface area contributed by atoms with Gasteiger partial charge in [0.1, 0.15) is 5.82 Å². The fourth-order valence-electron chi connectivity index (χ4n) is 1.23. The average molecular weight is 283 g/mol. The lowest BCUT2D eigenvalue weighted by molar-refractivity contribution is -0.121. The van der Waals surface area contributed by atoms with Gasteiger partial charge in [0.05, 0.1) is 18.7 Å². The van der Waals surface area contributed by atoms with Crippen molar-refractivity contribution in [3.8, 4) is 0 Å². The van der Waals surface area contributed by atoms with Crippen LogP contribution < -0.4 is 16.2 Å². The van der Waals surface area contributed by atoms with Crippen molar-refractivity contribution in [2.24, 2.45) is 0 Å². The number of benzene rings is 1. The van der Waals surface area contributed by atoms with Gasteiger partial charge in [-0.05, 0) is 19.1 Å². The average Bonchev–Trinajstić information content (AvgIpc) is 2.43. The van der Waals surface area contributed by atoms with Crippen LogP contribution in [0.3, 0.4) is 0 Å². The zero-order chi connectivity index (χ0) is 15.0. The first-order valence-corrected chi connectivity index (χ1v) is 5.79. The molecule has 8 heteroatoms. The maximum absolute atomic E-state index is 13.3. The largest absolute Gasteiger partial charge is 0.449 e. The monoisotopic (exact) mass is 283 g/mol. The standard InChI is InChI=1S/C12H14FN3O4/c1-2-20-12(19)16-15-10(17)7-14-11(18)8-5-3-4-6-9(8)13/h3-6H,2,7H2,1H3,(H,14,18)(H,15,17)(H,16,19). The Balaban J connectivity index is 2.36. The molecule has 1 aromatic rings. The number of hydrogen-bond donors (Lipinski definition) is 3. The van der Waals surface area contributed by atoms with Gasteiger partial charge in [0, 0.05) is 0 Å². The molecule has 0 aromatic heterocycles. The molecular formula is C12H14FN3O4. The van der Waals surface area contributed by atoms with E-state index in [4.69, 9.17) is 0 Å². The molecule has 0 radical (unpaired) electrons. The SMILES string of the molecule is CCOC(=O)NNC(=O)CNC(=O)c1ccccc1F. The Bertz CT molecular complexity index is 507. The molecule has 1 aromatic carbocycles. The highest BCUT2D eigenvalue weighted by molar-refractivity contribution is 5.96. The van der Waals surface area contributed by atoms with Crippen LogP contribution in [0.25, 0.3) is 0 Å². The second-order valence-electron chi connectivity index (χ2n) is 3.56. The summed E-state index contributed by atoms with van der Waals surface area (Å²) in [4.78, 5) is 33.7. The predicted molar refractivity (Wildman–Crippen MR) is 67.0 cm³/mol. The lowest BCUT2D eigenvalue weighted by atomic mass is 10.2. The predicted octanol–water partition coefficient (Wildman–Crippen LogP) is 0.333. The Morgan fingerprint density at radius 2 is 1.90 bits per heavy atom. The quantitative estimate of drug-likeness (QED) is 0.694. The topological polar surface area (TPSA) is 96.5 Å². The smallest absolute Gasteiger partial charge is 0.426 e. The van der Waals surface area contributed by atoms with Gasteiger partial charge in [-0.25, -0.2) is 14.6 Å². The summed E-state index contributed by atoms with van der Waals surface area (Å²) in [5, 5.41) is 2.21. The molecule has 0 spiro atoms. The number of halogens is 1. The van der Waals surface area contributed by atoms with Gasteiger partial charge in [0.15, 0.2) is 0 Å². The summed E-state index contributed by atoms with van der Waals surface area (Å²) < 4.78 is 17.8. The second-order valence-corrected chi connectivity index (χ2v) is 3.56. The van der Waals surface area contributed by atoms with Gasteiger partial charge in [-0.15, -0.1) is 0 Å². The minimum atomic E-state index is -0.818. The first-order chi connectivity index (χ1) is 9.54. The lowest BCUT2D eigenvalue weighted by Gasteiger charge is -2.08. The van der Waals surface area contributed by atoms with Crippen molar-refractivity contribution in [3.63, 3.8) is 0 Å². The molecule has 0 saturated carbocycles. The van der Waals surface area contributed by atoms with E-state index in [1.54, 1.807) is 6.92 Å². The van der Waals surface area contributed by atoms with E-state index in [9.17, 15) is 18.8 Å². The van der Waals surface area contributed by atoms with Crippen molar-refractivity contribution in [3.05, 3.63) is 35.6 Å². The van der Waals surface area contributed by atoms with Gasteiger partial charge in [0.2, 0.25) is 0 Å². The van der Waals surface area contributed by atoms with E-state index in [-0.39, 0.29) is 12.2 Å². The number of rotatable bonds is 4. The minimum Gasteiger partial charge on any atom is -0.449 e. The maximum Gasteiger partial charge on any atom is 0.426 e. The molecule has 0 unspecified atom stereocenters. The molecule has 3 N–H and O–H groups in total. The molecule has 1 rings (SSSR count). The van der Waals surface area contributed by atoms with E-state index < -0.39 is 30.3 Å². The van der Waals surface area contributed by atoms with Crippen molar-refractivity contribution in [1.29, 1.82) is 0 Å². The van der Waals surface area contributed by atoms with Crippen molar-refractivity contribution >= 4 is 17.9 Å². The van der Waals surface area contributed by atoms with Crippen LogP contribution in [-0.4, -0.2) is 31.1 Å². The summed E-state index contributed by atoms with van der Waals surface area (Å²) >= 11 is 0. The van der Waals surface area contributed by atoms with Crippen LogP contribution in [0.4, 0.5) is 9.18 Å². The molecule has 0 saturated heterocycles. The molecule has 3 amide bonds. The van der Waals surface area contributed by atoms with Crippen LogP contribution >= 0.6 is 0 Å². The molecule has 0 aliphatic rings. The van der Waals surface area contributed by atoms with Crippen molar-refractivity contribution in [2.75, 3.05) is 13.2 Å². The van der Waals surface area contributed by atoms with Crippen LogP contribution in [0.15, 0.2) is 24.3 Å². The van der Waals surface area contributed by atoms with Crippen LogP contribution in [0.1, 0.15) is 17.3 Å². The van der Waals surface area contributed by atoms with Crippen LogP contribution in [0.5, 0.6) is 0 Å². The Labute approximate surface area is 114 Å². The van der Waals surface area contributed by atoms with E-state index in [1.165, 1.54) is 18.2 Å². The van der Waals surface area contributed by atoms with Crippen molar-refractivity contribution < 1.29 is 23.5 Å². The van der Waals surface area contributed by atoms with Crippen molar-refractivity contribution in [1.82, 2.24) is 16.2 Å². The number of hydrogen-bond acceptors (Lipinski definition) is 4. The van der Waals surface area contributed by atoms with Crippen LogP contribution in [0, 0.1) is 5.82 Å². The van der Waals surface area contributed by atoms with E-state index >= 15 is 0 Å². The minimum absolute atomic E-state index is 0.158. The molecule has 0 atom stereocenters. The van der Waals surface area contributed by atoms with E-state index in [0.717, 1.165) is 6.07 Å². The number of hydrazine groups is 1. The number of carbonyl (C=O) groups excluding carboxylic acids is 3. The molecule has 0 aliphatic heterocycles. The first kappa shape index (κ1) is 15.4. The third kappa shape index (κ3) is 4.92. The Morgan fingerprint density at radius 1 is 1.20 bits per heavy atom. The summed E-state index contributed by atoms with van der Waals surface area (Å²) in [6.07, 6.45) is -0.818. The summed E-state index contributed by atoms with van der Waals surface area (Å²) in [5.74, 6) is -2.09. The van der Waals surface area contributed by atoms with E-state index in [0.29, 0.717) is 0 Å².